The topological polar surface area (TPSA) is 66.9 Å². The van der Waals surface area contributed by atoms with E-state index in [1.54, 1.807) is 24.7 Å². The molecule has 0 unspecified atom stereocenters. The molecule has 2 heterocycles. The van der Waals surface area contributed by atoms with Gasteiger partial charge in [0.15, 0.2) is 0 Å². The van der Waals surface area contributed by atoms with Crippen LogP contribution in [0.3, 0.4) is 0 Å². The lowest BCUT2D eigenvalue weighted by atomic mass is 9.98. The molecule has 1 aromatic carbocycles. The van der Waals surface area contributed by atoms with Gasteiger partial charge in [0, 0.05) is 30.8 Å². The van der Waals surface area contributed by atoms with Crippen molar-refractivity contribution in [3.05, 3.63) is 83.3 Å². The quantitative estimate of drug-likeness (QED) is 0.675. The lowest BCUT2D eigenvalue weighted by Crippen LogP contribution is -2.23. The van der Waals surface area contributed by atoms with Crippen molar-refractivity contribution < 1.29 is 4.79 Å². The molecule has 0 bridgehead atoms. The molecule has 3 rings (SSSR count). The Labute approximate surface area is 159 Å². The standard InChI is InChI=1S/C22H24N4O/c1-15(2)19-8-4-6-16(3)21(19)26-20-10-9-18(14-24-20)22(27)25-13-17-7-5-11-23-12-17/h4-12,14-15H,13H2,1-3H3,(H,24,26)(H,25,27). The number of para-hydroxylation sites is 1. The summed E-state index contributed by atoms with van der Waals surface area (Å²) < 4.78 is 0. The van der Waals surface area contributed by atoms with E-state index >= 15 is 0 Å². The van der Waals surface area contributed by atoms with Crippen LogP contribution in [0.25, 0.3) is 0 Å². The zero-order valence-corrected chi connectivity index (χ0v) is 15.9. The van der Waals surface area contributed by atoms with Gasteiger partial charge in [0.1, 0.15) is 5.82 Å². The first kappa shape index (κ1) is 18.6. The first-order chi connectivity index (χ1) is 13.0. The summed E-state index contributed by atoms with van der Waals surface area (Å²) in [6.07, 6.45) is 5.04. The maximum absolute atomic E-state index is 12.3. The average molecular weight is 360 g/mol. The highest BCUT2D eigenvalue weighted by Gasteiger charge is 2.11. The molecule has 5 heteroatoms. The second-order valence-corrected chi connectivity index (χ2v) is 6.79. The molecule has 0 saturated heterocycles. The molecule has 2 aromatic heterocycles. The summed E-state index contributed by atoms with van der Waals surface area (Å²) in [4.78, 5) is 20.7. The van der Waals surface area contributed by atoms with Crippen molar-refractivity contribution in [2.75, 3.05) is 5.32 Å². The minimum absolute atomic E-state index is 0.156. The molecule has 3 aromatic rings. The first-order valence-electron chi connectivity index (χ1n) is 9.04. The van der Waals surface area contributed by atoms with Crippen LogP contribution in [0.4, 0.5) is 11.5 Å². The minimum atomic E-state index is -0.156. The van der Waals surface area contributed by atoms with Crippen molar-refractivity contribution in [3.8, 4) is 0 Å². The molecule has 0 atom stereocenters. The van der Waals surface area contributed by atoms with E-state index in [2.05, 4.69) is 59.6 Å². The predicted molar refractivity (Wildman–Crippen MR) is 108 cm³/mol. The highest BCUT2D eigenvalue weighted by molar-refractivity contribution is 5.94. The zero-order chi connectivity index (χ0) is 19.2. The molecule has 0 radical (unpaired) electrons. The Bertz CT molecular complexity index is 905. The fourth-order valence-electron chi connectivity index (χ4n) is 2.86. The van der Waals surface area contributed by atoms with Crippen LogP contribution in [-0.4, -0.2) is 15.9 Å². The summed E-state index contributed by atoms with van der Waals surface area (Å²) in [5, 5.41) is 6.27. The Morgan fingerprint density at radius 1 is 1.07 bits per heavy atom. The second-order valence-electron chi connectivity index (χ2n) is 6.79. The summed E-state index contributed by atoms with van der Waals surface area (Å²) in [7, 11) is 0. The van der Waals surface area contributed by atoms with Crippen LogP contribution in [0, 0.1) is 6.92 Å². The lowest BCUT2D eigenvalue weighted by molar-refractivity contribution is 0.0950. The average Bonchev–Trinajstić information content (AvgIpc) is 2.69. The Kier molecular flexibility index (Phi) is 5.81. The molecule has 27 heavy (non-hydrogen) atoms. The Morgan fingerprint density at radius 2 is 1.93 bits per heavy atom. The number of hydrogen-bond acceptors (Lipinski definition) is 4. The number of carbonyl (C=O) groups is 1. The number of aromatic nitrogens is 2. The van der Waals surface area contributed by atoms with Gasteiger partial charge < -0.3 is 10.6 Å². The molecule has 0 fully saturated rings. The van der Waals surface area contributed by atoms with Crippen molar-refractivity contribution in [1.29, 1.82) is 0 Å². The van der Waals surface area contributed by atoms with Gasteiger partial charge in [-0.1, -0.05) is 38.1 Å². The van der Waals surface area contributed by atoms with E-state index in [0.717, 1.165) is 17.1 Å². The van der Waals surface area contributed by atoms with Gasteiger partial charge in [0.05, 0.1) is 5.56 Å². The monoisotopic (exact) mass is 360 g/mol. The maximum Gasteiger partial charge on any atom is 0.253 e. The molecule has 0 spiro atoms. The molecule has 0 aliphatic heterocycles. The Hall–Kier alpha value is -3.21. The van der Waals surface area contributed by atoms with E-state index in [1.165, 1.54) is 11.1 Å². The maximum atomic E-state index is 12.3. The van der Waals surface area contributed by atoms with Crippen molar-refractivity contribution in [3.63, 3.8) is 0 Å². The first-order valence-corrected chi connectivity index (χ1v) is 9.04. The summed E-state index contributed by atoms with van der Waals surface area (Å²) in [6.45, 7) is 6.86. The third kappa shape index (κ3) is 4.70. The number of pyridine rings is 2. The van der Waals surface area contributed by atoms with Gasteiger partial charge in [-0.3, -0.25) is 9.78 Å². The van der Waals surface area contributed by atoms with Gasteiger partial charge in [0.25, 0.3) is 5.91 Å². The Balaban J connectivity index is 1.68. The SMILES string of the molecule is Cc1cccc(C(C)C)c1Nc1ccc(C(=O)NCc2cccnc2)cn1. The van der Waals surface area contributed by atoms with Crippen LogP contribution in [0.5, 0.6) is 0 Å². The van der Waals surface area contributed by atoms with Crippen LogP contribution in [-0.2, 0) is 6.54 Å². The minimum Gasteiger partial charge on any atom is -0.348 e. The van der Waals surface area contributed by atoms with E-state index in [4.69, 9.17) is 0 Å². The normalized spacial score (nSPS) is 10.7. The summed E-state index contributed by atoms with van der Waals surface area (Å²) >= 11 is 0. The van der Waals surface area contributed by atoms with Crippen molar-refractivity contribution in [2.24, 2.45) is 0 Å². The molecular formula is C22H24N4O. The third-order valence-corrected chi connectivity index (χ3v) is 4.38. The predicted octanol–water partition coefficient (Wildman–Crippen LogP) is 4.58. The molecular weight excluding hydrogens is 336 g/mol. The van der Waals surface area contributed by atoms with Gasteiger partial charge in [0.2, 0.25) is 0 Å². The van der Waals surface area contributed by atoms with Gasteiger partial charge in [-0.2, -0.15) is 0 Å². The lowest BCUT2D eigenvalue weighted by Gasteiger charge is -2.17. The number of nitrogens with zero attached hydrogens (tertiary/aromatic N) is 2. The molecule has 2 N–H and O–H groups in total. The largest absolute Gasteiger partial charge is 0.348 e. The number of rotatable bonds is 6. The third-order valence-electron chi connectivity index (χ3n) is 4.38. The molecule has 0 aliphatic carbocycles. The van der Waals surface area contributed by atoms with Gasteiger partial charge in [-0.15, -0.1) is 0 Å². The number of hydrogen-bond donors (Lipinski definition) is 2. The van der Waals surface area contributed by atoms with Crippen LogP contribution in [0.2, 0.25) is 0 Å². The number of anilines is 2. The van der Waals surface area contributed by atoms with Crippen LogP contribution in [0.1, 0.15) is 46.8 Å². The second kappa shape index (κ2) is 8.45. The molecule has 5 nitrogen and oxygen atoms in total. The van der Waals surface area contributed by atoms with Gasteiger partial charge in [-0.25, -0.2) is 4.98 Å². The highest BCUT2D eigenvalue weighted by Crippen LogP contribution is 2.29. The molecule has 0 saturated carbocycles. The fraction of sp³-hybridized carbons (Fsp3) is 0.227. The number of amides is 1. The smallest absolute Gasteiger partial charge is 0.253 e. The number of aryl methyl sites for hydroxylation is 1. The van der Waals surface area contributed by atoms with E-state index < -0.39 is 0 Å². The van der Waals surface area contributed by atoms with Gasteiger partial charge in [-0.05, 0) is 47.7 Å². The highest BCUT2D eigenvalue weighted by atomic mass is 16.1. The Morgan fingerprint density at radius 3 is 2.59 bits per heavy atom. The van der Waals surface area contributed by atoms with Crippen LogP contribution >= 0.6 is 0 Å². The zero-order valence-electron chi connectivity index (χ0n) is 15.9. The van der Waals surface area contributed by atoms with Crippen molar-refractivity contribution >= 4 is 17.4 Å². The van der Waals surface area contributed by atoms with Gasteiger partial charge >= 0.3 is 0 Å². The molecule has 138 valence electrons. The number of benzene rings is 1. The van der Waals surface area contributed by atoms with E-state index in [0.29, 0.717) is 18.0 Å². The van der Waals surface area contributed by atoms with Crippen molar-refractivity contribution in [2.45, 2.75) is 33.2 Å². The fourth-order valence-corrected chi connectivity index (χ4v) is 2.86. The number of nitrogens with one attached hydrogen (secondary N) is 2. The number of carbonyl (C=O) groups excluding carboxylic acids is 1. The summed E-state index contributed by atoms with van der Waals surface area (Å²) in [5.41, 5.74) is 4.97. The van der Waals surface area contributed by atoms with Crippen LogP contribution in [0.15, 0.2) is 61.1 Å². The molecule has 0 aliphatic rings. The summed E-state index contributed by atoms with van der Waals surface area (Å²) in [5.74, 6) is 0.969. The van der Waals surface area contributed by atoms with E-state index in [9.17, 15) is 4.79 Å². The molecule has 1 amide bonds. The van der Waals surface area contributed by atoms with E-state index in [1.807, 2.05) is 18.2 Å². The van der Waals surface area contributed by atoms with Crippen LogP contribution < -0.4 is 10.6 Å². The van der Waals surface area contributed by atoms with E-state index in [-0.39, 0.29) is 5.91 Å². The summed E-state index contributed by atoms with van der Waals surface area (Å²) in [6, 6.07) is 13.7. The van der Waals surface area contributed by atoms with Crippen molar-refractivity contribution in [1.82, 2.24) is 15.3 Å².